The quantitative estimate of drug-likeness (QED) is 0.623. The molecule has 0 bridgehead atoms. The molecule has 24 heavy (non-hydrogen) atoms. The number of amides is 1. The third-order valence-electron chi connectivity index (χ3n) is 4.23. The monoisotopic (exact) mass is 346 g/mol. The number of nitrogens with zero attached hydrogens (tertiary/aromatic N) is 6. The lowest BCUT2D eigenvalue weighted by atomic mass is 10.0. The van der Waals surface area contributed by atoms with Crippen molar-refractivity contribution in [1.29, 1.82) is 0 Å². The van der Waals surface area contributed by atoms with Crippen LogP contribution in [0.1, 0.15) is 37.2 Å². The lowest BCUT2D eigenvalue weighted by Crippen LogP contribution is -2.42. The molecule has 0 aromatic carbocycles. The van der Waals surface area contributed by atoms with Gasteiger partial charge in [0.05, 0.1) is 5.25 Å². The van der Waals surface area contributed by atoms with Gasteiger partial charge in [0.2, 0.25) is 5.91 Å². The maximum Gasteiger partial charge on any atom is 0.235 e. The van der Waals surface area contributed by atoms with E-state index in [1.165, 1.54) is 11.8 Å². The zero-order chi connectivity index (χ0) is 17.1. The van der Waals surface area contributed by atoms with Crippen molar-refractivity contribution in [2.45, 2.75) is 50.1 Å². The molecular weight excluding hydrogens is 324 g/mol. The Balaban J connectivity index is 1.56. The molecule has 2 aromatic heterocycles. The number of thioether (sulfide) groups is 1. The third-order valence-corrected chi connectivity index (χ3v) is 5.17. The van der Waals surface area contributed by atoms with Crippen molar-refractivity contribution in [3.63, 3.8) is 0 Å². The predicted molar refractivity (Wildman–Crippen MR) is 91.7 cm³/mol. The van der Waals surface area contributed by atoms with Gasteiger partial charge in [0, 0.05) is 30.5 Å². The summed E-state index contributed by atoms with van der Waals surface area (Å²) in [5, 5.41) is 8.20. The summed E-state index contributed by atoms with van der Waals surface area (Å²) in [7, 11) is 0. The van der Waals surface area contributed by atoms with Crippen molar-refractivity contribution < 1.29 is 4.79 Å². The van der Waals surface area contributed by atoms with Crippen LogP contribution >= 0.6 is 11.8 Å². The van der Waals surface area contributed by atoms with Gasteiger partial charge in [-0.25, -0.2) is 9.97 Å². The van der Waals surface area contributed by atoms with Gasteiger partial charge in [0.25, 0.3) is 0 Å². The molecule has 8 heteroatoms. The summed E-state index contributed by atoms with van der Waals surface area (Å²) in [6, 6.07) is 2.32. The number of carbonyl (C=O) groups is 1. The second-order valence-corrected chi connectivity index (χ2v) is 7.47. The van der Waals surface area contributed by atoms with Gasteiger partial charge in [-0.2, -0.15) is 0 Å². The summed E-state index contributed by atoms with van der Waals surface area (Å²) in [4.78, 5) is 23.5. The molecule has 7 nitrogen and oxygen atoms in total. The number of likely N-dealkylation sites (tertiary alicyclic amines) is 1. The van der Waals surface area contributed by atoms with Gasteiger partial charge >= 0.3 is 0 Å². The van der Waals surface area contributed by atoms with Gasteiger partial charge in [-0.1, -0.05) is 11.8 Å². The molecule has 3 rings (SSSR count). The Morgan fingerprint density at radius 3 is 2.33 bits per heavy atom. The second kappa shape index (κ2) is 7.29. The molecule has 3 heterocycles. The van der Waals surface area contributed by atoms with Gasteiger partial charge < -0.3 is 9.47 Å². The van der Waals surface area contributed by atoms with Crippen LogP contribution in [-0.4, -0.2) is 53.9 Å². The van der Waals surface area contributed by atoms with Crippen LogP contribution in [0.25, 0.3) is 0 Å². The average Bonchev–Trinajstić information content (AvgIpc) is 3.07. The number of hydrogen-bond donors (Lipinski definition) is 0. The molecule has 0 saturated carbocycles. The van der Waals surface area contributed by atoms with E-state index >= 15 is 0 Å². The molecule has 0 radical (unpaired) electrons. The fourth-order valence-electron chi connectivity index (χ4n) is 2.99. The van der Waals surface area contributed by atoms with Gasteiger partial charge in [0.15, 0.2) is 5.16 Å². The highest BCUT2D eigenvalue weighted by Crippen LogP contribution is 2.26. The molecule has 1 aliphatic heterocycles. The minimum atomic E-state index is -0.183. The zero-order valence-corrected chi connectivity index (χ0v) is 15.0. The first-order valence-corrected chi connectivity index (χ1v) is 9.02. The van der Waals surface area contributed by atoms with Crippen LogP contribution in [-0.2, 0) is 4.79 Å². The van der Waals surface area contributed by atoms with Crippen molar-refractivity contribution in [3.8, 4) is 0 Å². The van der Waals surface area contributed by atoms with E-state index in [1.807, 2.05) is 36.3 Å². The summed E-state index contributed by atoms with van der Waals surface area (Å²) >= 11 is 1.43. The topological polar surface area (TPSA) is 76.8 Å². The van der Waals surface area contributed by atoms with Gasteiger partial charge in [-0.15, -0.1) is 10.2 Å². The first-order chi connectivity index (χ1) is 11.5. The Bertz CT molecular complexity index is 676. The highest BCUT2D eigenvalue weighted by molar-refractivity contribution is 8.00. The molecule has 2 aromatic rings. The minimum absolute atomic E-state index is 0.157. The van der Waals surface area contributed by atoms with Crippen molar-refractivity contribution in [1.82, 2.24) is 29.6 Å². The van der Waals surface area contributed by atoms with E-state index in [2.05, 4.69) is 20.2 Å². The van der Waals surface area contributed by atoms with Crippen LogP contribution < -0.4 is 0 Å². The summed E-state index contributed by atoms with van der Waals surface area (Å²) in [6.07, 6.45) is 5.36. The van der Waals surface area contributed by atoms with E-state index in [9.17, 15) is 4.79 Å². The Morgan fingerprint density at radius 1 is 1.17 bits per heavy atom. The van der Waals surface area contributed by atoms with Crippen LogP contribution in [0.4, 0.5) is 0 Å². The van der Waals surface area contributed by atoms with Gasteiger partial charge in [-0.3, -0.25) is 4.79 Å². The maximum absolute atomic E-state index is 12.7. The second-order valence-electron chi connectivity index (χ2n) is 6.16. The largest absolute Gasteiger partial charge is 0.342 e. The predicted octanol–water partition coefficient (Wildman–Crippen LogP) is 2.03. The zero-order valence-electron chi connectivity index (χ0n) is 14.2. The lowest BCUT2D eigenvalue weighted by molar-refractivity contribution is -0.131. The first kappa shape index (κ1) is 16.9. The fraction of sp³-hybridized carbons (Fsp3) is 0.562. The summed E-state index contributed by atoms with van der Waals surface area (Å²) in [5.41, 5.74) is 1.86. The SMILES string of the molecule is Cc1cc(C)nc(S[C@@H](C)C(=O)N2CCC(n3cnnc3)CC2)n1. The van der Waals surface area contributed by atoms with E-state index in [0.29, 0.717) is 11.2 Å². The third kappa shape index (κ3) is 3.92. The number of hydrogen-bond acceptors (Lipinski definition) is 6. The Hall–Kier alpha value is -1.96. The molecule has 0 N–H and O–H groups in total. The van der Waals surface area contributed by atoms with Crippen molar-refractivity contribution in [2.75, 3.05) is 13.1 Å². The standard InChI is InChI=1S/C16H22N6OS/c1-11-8-12(2)20-16(19-11)24-13(3)15(23)21-6-4-14(5-7-21)22-9-17-18-10-22/h8-10,13-14H,4-7H2,1-3H3/t13-/m0/s1. The molecule has 0 unspecified atom stereocenters. The van der Waals surface area contributed by atoms with Crippen molar-refractivity contribution in [3.05, 3.63) is 30.1 Å². The van der Waals surface area contributed by atoms with E-state index in [4.69, 9.17) is 0 Å². The molecule has 1 atom stereocenters. The maximum atomic E-state index is 12.7. The van der Waals surface area contributed by atoms with Crippen LogP contribution in [0.3, 0.4) is 0 Å². The van der Waals surface area contributed by atoms with Crippen molar-refractivity contribution >= 4 is 17.7 Å². The molecule has 0 aliphatic carbocycles. The van der Waals surface area contributed by atoms with E-state index in [1.54, 1.807) is 12.7 Å². The first-order valence-electron chi connectivity index (χ1n) is 8.15. The molecule has 1 aliphatic rings. The number of aromatic nitrogens is 5. The van der Waals surface area contributed by atoms with Crippen LogP contribution in [0.5, 0.6) is 0 Å². The number of aryl methyl sites for hydroxylation is 2. The highest BCUT2D eigenvalue weighted by atomic mass is 32.2. The number of rotatable bonds is 4. The number of piperidine rings is 1. The van der Waals surface area contributed by atoms with E-state index in [-0.39, 0.29) is 11.2 Å². The Kier molecular flexibility index (Phi) is 5.13. The van der Waals surface area contributed by atoms with E-state index < -0.39 is 0 Å². The minimum Gasteiger partial charge on any atom is -0.342 e. The summed E-state index contributed by atoms with van der Waals surface area (Å²) < 4.78 is 2.03. The van der Waals surface area contributed by atoms with Crippen LogP contribution in [0, 0.1) is 13.8 Å². The summed E-state index contributed by atoms with van der Waals surface area (Å²) in [6.45, 7) is 7.35. The van der Waals surface area contributed by atoms with Crippen LogP contribution in [0.15, 0.2) is 23.9 Å². The Morgan fingerprint density at radius 2 is 1.75 bits per heavy atom. The molecule has 128 valence electrons. The highest BCUT2D eigenvalue weighted by Gasteiger charge is 2.27. The van der Waals surface area contributed by atoms with Crippen LogP contribution in [0.2, 0.25) is 0 Å². The molecule has 1 saturated heterocycles. The summed E-state index contributed by atoms with van der Waals surface area (Å²) in [5.74, 6) is 0.157. The number of carbonyl (C=O) groups excluding carboxylic acids is 1. The molecular formula is C16H22N6OS. The molecule has 1 fully saturated rings. The van der Waals surface area contributed by atoms with Gasteiger partial charge in [0.1, 0.15) is 12.7 Å². The van der Waals surface area contributed by atoms with Gasteiger partial charge in [-0.05, 0) is 39.7 Å². The average molecular weight is 346 g/mol. The van der Waals surface area contributed by atoms with Crippen molar-refractivity contribution in [2.24, 2.45) is 0 Å². The Labute approximate surface area is 145 Å². The normalized spacial score (nSPS) is 17.0. The molecule has 0 spiro atoms. The fourth-order valence-corrected chi connectivity index (χ4v) is 3.95. The van der Waals surface area contributed by atoms with E-state index in [0.717, 1.165) is 37.3 Å². The lowest BCUT2D eigenvalue weighted by Gasteiger charge is -2.33. The smallest absolute Gasteiger partial charge is 0.235 e. The molecule has 1 amide bonds.